The van der Waals surface area contributed by atoms with Crippen molar-refractivity contribution < 1.29 is 53.0 Å². The van der Waals surface area contributed by atoms with Gasteiger partial charge >= 0.3 is 11.9 Å². The van der Waals surface area contributed by atoms with Crippen molar-refractivity contribution in [3.05, 3.63) is 75.0 Å². The number of phenols is 1. The first kappa shape index (κ1) is 35.9. The lowest BCUT2D eigenvalue weighted by Gasteiger charge is -2.60. The summed E-state index contributed by atoms with van der Waals surface area (Å²) < 4.78 is 37.2. The summed E-state index contributed by atoms with van der Waals surface area (Å²) in [5.41, 5.74) is 2.36. The molecule has 0 saturated carbocycles. The van der Waals surface area contributed by atoms with Crippen LogP contribution in [-0.4, -0.2) is 101 Å². The Balaban J connectivity index is 1.26. The van der Waals surface area contributed by atoms with Gasteiger partial charge in [-0.2, -0.15) is 0 Å². The molecular weight excluding hydrogens is 743 g/mol. The summed E-state index contributed by atoms with van der Waals surface area (Å²) in [7, 11) is 3.46. The van der Waals surface area contributed by atoms with Crippen LogP contribution in [0.25, 0.3) is 11.0 Å². The number of hydrogen-bond acceptors (Lipinski definition) is 15. The van der Waals surface area contributed by atoms with Crippen LogP contribution < -0.4 is 24.3 Å². The minimum atomic E-state index is -1.53. The Kier molecular flexibility index (Phi) is 8.00. The molecule has 15 heteroatoms. The zero-order valence-electron chi connectivity index (χ0n) is 31.6. The number of esters is 2. The molecule has 3 aromatic carbocycles. The van der Waals surface area contributed by atoms with E-state index in [0.717, 1.165) is 22.1 Å². The smallest absolute Gasteiger partial charge is 0.335 e. The molecule has 0 amide bonds. The van der Waals surface area contributed by atoms with E-state index in [-0.39, 0.29) is 44.5 Å². The fraction of sp³-hybridized carbons (Fsp3) is 0.463. The van der Waals surface area contributed by atoms with E-state index < -0.39 is 52.6 Å². The number of likely N-dealkylation sites (N-methyl/N-ethyl adjacent to an activating group) is 1. The van der Waals surface area contributed by atoms with Gasteiger partial charge < -0.3 is 43.4 Å². The molecule has 294 valence electrons. The number of benzene rings is 3. The number of thioether (sulfide) groups is 1. The highest BCUT2D eigenvalue weighted by atomic mass is 32.2. The number of methoxy groups -OCH3 is 1. The maximum absolute atomic E-state index is 14.9. The van der Waals surface area contributed by atoms with Crippen LogP contribution in [0.4, 0.5) is 0 Å². The van der Waals surface area contributed by atoms with Gasteiger partial charge in [0.2, 0.25) is 6.79 Å². The second kappa shape index (κ2) is 12.5. The third-order valence-corrected chi connectivity index (χ3v) is 14.1. The maximum Gasteiger partial charge on any atom is 0.335 e. The average Bonchev–Trinajstić information content (AvgIpc) is 3.76. The molecule has 1 spiro atoms. The highest BCUT2D eigenvalue weighted by molar-refractivity contribution is 7.99. The van der Waals surface area contributed by atoms with Gasteiger partial charge in [0.1, 0.15) is 29.4 Å². The molecule has 9 heterocycles. The van der Waals surface area contributed by atoms with E-state index in [1.807, 2.05) is 56.1 Å². The Hall–Kier alpha value is -4.51. The van der Waals surface area contributed by atoms with Crippen molar-refractivity contribution in [3.8, 4) is 28.7 Å². The maximum atomic E-state index is 14.9. The first-order valence-corrected chi connectivity index (χ1v) is 19.9. The van der Waals surface area contributed by atoms with Crippen molar-refractivity contribution in [2.75, 3.05) is 46.5 Å². The van der Waals surface area contributed by atoms with Crippen molar-refractivity contribution in [1.29, 1.82) is 0 Å². The van der Waals surface area contributed by atoms with Gasteiger partial charge in [-0.25, -0.2) is 4.79 Å². The number of aromatic hydroxyl groups is 1. The molecule has 0 aliphatic carbocycles. The predicted molar refractivity (Wildman–Crippen MR) is 202 cm³/mol. The van der Waals surface area contributed by atoms with Gasteiger partial charge in [-0.3, -0.25) is 19.9 Å². The summed E-state index contributed by atoms with van der Waals surface area (Å²) in [4.78, 5) is 32.0. The third-order valence-electron chi connectivity index (χ3n) is 12.6. The summed E-state index contributed by atoms with van der Waals surface area (Å²) in [5, 5.41) is 39.6. The third kappa shape index (κ3) is 4.75. The van der Waals surface area contributed by atoms with Crippen molar-refractivity contribution >= 4 is 34.7 Å². The second-order valence-electron chi connectivity index (χ2n) is 15.9. The number of hydrogen-bond donors (Lipinski definition) is 4. The number of para-hydroxylation sites is 1. The highest BCUT2D eigenvalue weighted by Crippen LogP contribution is 2.65. The molecule has 56 heavy (non-hydrogen) atoms. The number of carbonyl (C=O) groups is 2. The number of aliphatic hydroxyl groups excluding tert-OH is 1. The van der Waals surface area contributed by atoms with Crippen LogP contribution in [0.1, 0.15) is 69.0 Å². The van der Waals surface area contributed by atoms with E-state index in [4.69, 9.17) is 28.1 Å². The molecule has 14 nitrogen and oxygen atoms in total. The number of furan rings is 1. The van der Waals surface area contributed by atoms with Crippen molar-refractivity contribution in [3.63, 3.8) is 0 Å². The summed E-state index contributed by atoms with van der Waals surface area (Å²) in [6.07, 6.45) is 0.591. The number of phenolic OH excluding ortho intramolecular Hbond substituents is 1. The quantitative estimate of drug-likeness (QED) is 0.174. The second-order valence-corrected chi connectivity index (χ2v) is 17.0. The van der Waals surface area contributed by atoms with E-state index in [1.54, 1.807) is 0 Å². The number of piperazine rings is 1. The van der Waals surface area contributed by atoms with Gasteiger partial charge in [-0.15, -0.1) is 11.8 Å². The number of rotatable bonds is 3. The Morgan fingerprint density at radius 2 is 1.89 bits per heavy atom. The van der Waals surface area contributed by atoms with Crippen LogP contribution in [-0.2, 0) is 32.7 Å². The largest absolute Gasteiger partial charge is 0.504 e. The SMILES string of the molecule is COc1c(C)cc2c(c1O)[C@H]1[C@@H]3[C@@H]4SC[C@]5(N[C@H](CO)Cc6c5oc5ccccc65)C(=O)OC[C@@H](c5c6c(c(C)c(OC(C)=O)c54)OCO6)N3C(O)(C2)CN1C. The Bertz CT molecular complexity index is 2360. The molecule has 12 rings (SSSR count). The number of aryl methyl sites for hydroxylation is 1. The van der Waals surface area contributed by atoms with Crippen LogP contribution in [0, 0.1) is 13.8 Å². The first-order chi connectivity index (χ1) is 26.9. The normalized spacial score (nSPS) is 31.3. The molecule has 8 atom stereocenters. The Morgan fingerprint density at radius 3 is 2.66 bits per heavy atom. The van der Waals surface area contributed by atoms with Crippen LogP contribution in [0.2, 0.25) is 0 Å². The van der Waals surface area contributed by atoms with Crippen molar-refractivity contribution in [1.82, 2.24) is 15.1 Å². The van der Waals surface area contributed by atoms with E-state index in [0.29, 0.717) is 63.0 Å². The molecule has 8 aliphatic heterocycles. The number of nitrogens with zero attached hydrogens (tertiary/aromatic N) is 2. The van der Waals surface area contributed by atoms with Gasteiger partial charge in [0.25, 0.3) is 0 Å². The van der Waals surface area contributed by atoms with Gasteiger partial charge in [-0.05, 0) is 44.5 Å². The monoisotopic (exact) mass is 785 g/mol. The molecule has 8 aliphatic rings. The minimum absolute atomic E-state index is 0.000248. The number of aliphatic hydroxyl groups is 2. The van der Waals surface area contributed by atoms with Crippen LogP contribution in [0.15, 0.2) is 34.7 Å². The van der Waals surface area contributed by atoms with E-state index >= 15 is 0 Å². The topological polar surface area (TPSA) is 173 Å². The summed E-state index contributed by atoms with van der Waals surface area (Å²) in [6, 6.07) is 7.13. The molecule has 4 N–H and O–H groups in total. The molecule has 4 aromatic rings. The Morgan fingerprint density at radius 1 is 1.11 bits per heavy atom. The minimum Gasteiger partial charge on any atom is -0.504 e. The molecule has 1 aromatic heterocycles. The van der Waals surface area contributed by atoms with E-state index in [2.05, 4.69) is 10.2 Å². The van der Waals surface area contributed by atoms with Gasteiger partial charge in [0.15, 0.2) is 28.5 Å². The molecule has 4 bridgehead atoms. The number of ether oxygens (including phenoxy) is 5. The molecular formula is C41H43N3O11S. The van der Waals surface area contributed by atoms with Crippen molar-refractivity contribution in [2.45, 2.75) is 74.3 Å². The van der Waals surface area contributed by atoms with Gasteiger partial charge in [-0.1, -0.05) is 24.3 Å². The summed E-state index contributed by atoms with van der Waals surface area (Å²) in [5.74, 6) is 0.911. The van der Waals surface area contributed by atoms with Crippen LogP contribution >= 0.6 is 11.8 Å². The van der Waals surface area contributed by atoms with Crippen LogP contribution in [0.5, 0.6) is 28.7 Å². The lowest BCUT2D eigenvalue weighted by atomic mass is 9.78. The molecule has 2 fully saturated rings. The summed E-state index contributed by atoms with van der Waals surface area (Å²) >= 11 is 1.44. The molecule has 2 unspecified atom stereocenters. The number of fused-ring (bicyclic) bond motifs is 8. The molecule has 0 radical (unpaired) electrons. The molecule has 2 saturated heterocycles. The zero-order chi connectivity index (χ0) is 39.0. The standard InChI is InChI=1S/C41H43N3O11S/c1-18-10-21-12-40(49)15-43(4)30(27(21)32(47)33(18)50-5)31-37-29-28(36-35(52-17-53-36)19(2)34(29)54-20(3)46)25(44(31)40)14-51-39(48)41(16-56-37)38-24(11-22(13-45)42-41)23-8-6-7-9-26(23)55-38/h6-10,22,25,30-31,37,42,45,47,49H,11-17H2,1-5H3/t22-,25-,30-,31+,37+,40?,41+/m0/s1. The lowest BCUT2D eigenvalue weighted by Crippen LogP contribution is -2.70. The lowest BCUT2D eigenvalue weighted by molar-refractivity contribution is -0.215. The van der Waals surface area contributed by atoms with Crippen LogP contribution in [0.3, 0.4) is 0 Å². The Labute approximate surface area is 326 Å². The highest BCUT2D eigenvalue weighted by Gasteiger charge is 2.64. The average molecular weight is 786 g/mol. The predicted octanol–water partition coefficient (Wildman–Crippen LogP) is 3.81. The number of nitrogens with one attached hydrogen (secondary N) is 1. The zero-order valence-corrected chi connectivity index (χ0v) is 32.5. The number of carbonyl (C=O) groups excluding carboxylic acids is 2. The fourth-order valence-electron chi connectivity index (χ4n) is 10.7. The van der Waals surface area contributed by atoms with Gasteiger partial charge in [0.05, 0.1) is 31.1 Å². The first-order valence-electron chi connectivity index (χ1n) is 18.8. The van der Waals surface area contributed by atoms with E-state index in [1.165, 1.54) is 25.8 Å². The summed E-state index contributed by atoms with van der Waals surface area (Å²) in [6.45, 7) is 4.70. The fourth-order valence-corrected chi connectivity index (χ4v) is 12.3. The van der Waals surface area contributed by atoms with E-state index in [9.17, 15) is 24.9 Å². The van der Waals surface area contributed by atoms with Gasteiger partial charge in [0, 0.05) is 70.9 Å². The van der Waals surface area contributed by atoms with Crippen molar-refractivity contribution in [2.24, 2.45) is 0 Å².